The minimum atomic E-state index is -0.278. The largest absolute Gasteiger partial charge is 0.493 e. The zero-order valence-electron chi connectivity index (χ0n) is 16.4. The Balaban J connectivity index is 2.08. The van der Waals surface area contributed by atoms with E-state index in [1.807, 2.05) is 20.8 Å². The Morgan fingerprint density at radius 2 is 1.48 bits per heavy atom. The van der Waals surface area contributed by atoms with Gasteiger partial charge in [0.15, 0.2) is 11.5 Å². The van der Waals surface area contributed by atoms with E-state index in [2.05, 4.69) is 10.6 Å². The maximum absolute atomic E-state index is 12.4. The van der Waals surface area contributed by atoms with Gasteiger partial charge >= 0.3 is 0 Å². The molecule has 0 saturated carbocycles. The first-order valence-electron chi connectivity index (χ1n) is 8.75. The Kier molecular flexibility index (Phi) is 6.45. The maximum atomic E-state index is 12.4. The summed E-state index contributed by atoms with van der Waals surface area (Å²) >= 11 is 0. The summed E-state index contributed by atoms with van der Waals surface area (Å²) in [6, 6.07) is 11.7. The molecule has 0 aromatic heterocycles. The van der Waals surface area contributed by atoms with Crippen LogP contribution in [0.15, 0.2) is 42.5 Å². The average Bonchev–Trinajstić information content (AvgIpc) is 2.67. The SMILES string of the molecule is CCC(C)(C)NC(=O)c1ccc(NC(=O)c2ccc(OC)c(OC)c2)cc1. The standard InChI is InChI=1S/C21H26N2O4/c1-6-21(2,3)23-20(25)14-7-10-16(11-8-14)22-19(24)15-9-12-17(26-4)18(13-15)27-5/h7-13H,6H2,1-5H3,(H,22,24)(H,23,25). The fourth-order valence-corrected chi connectivity index (χ4v) is 2.35. The molecule has 2 aromatic carbocycles. The fourth-order valence-electron chi connectivity index (χ4n) is 2.35. The van der Waals surface area contributed by atoms with Crippen LogP contribution in [0.4, 0.5) is 5.69 Å². The molecule has 0 spiro atoms. The zero-order valence-corrected chi connectivity index (χ0v) is 16.4. The maximum Gasteiger partial charge on any atom is 0.255 e. The van der Waals surface area contributed by atoms with Crippen molar-refractivity contribution >= 4 is 17.5 Å². The van der Waals surface area contributed by atoms with Gasteiger partial charge in [0.25, 0.3) is 11.8 Å². The molecule has 0 aliphatic heterocycles. The predicted octanol–water partition coefficient (Wildman–Crippen LogP) is 3.87. The van der Waals surface area contributed by atoms with Gasteiger partial charge in [-0.3, -0.25) is 9.59 Å². The van der Waals surface area contributed by atoms with E-state index in [0.29, 0.717) is 28.3 Å². The molecular weight excluding hydrogens is 344 g/mol. The number of ether oxygens (including phenoxy) is 2. The summed E-state index contributed by atoms with van der Waals surface area (Å²) in [5.41, 5.74) is 1.32. The van der Waals surface area contributed by atoms with Gasteiger partial charge in [-0.05, 0) is 62.7 Å². The van der Waals surface area contributed by atoms with Crippen molar-refractivity contribution < 1.29 is 19.1 Å². The molecule has 0 bridgehead atoms. The first kappa shape index (κ1) is 20.3. The number of anilines is 1. The summed E-state index contributed by atoms with van der Waals surface area (Å²) in [5.74, 6) is 0.620. The molecule has 2 amide bonds. The average molecular weight is 370 g/mol. The summed E-state index contributed by atoms with van der Waals surface area (Å²) in [6.45, 7) is 5.97. The van der Waals surface area contributed by atoms with Crippen molar-refractivity contribution in [2.24, 2.45) is 0 Å². The highest BCUT2D eigenvalue weighted by Crippen LogP contribution is 2.27. The van der Waals surface area contributed by atoms with Crippen LogP contribution in [0.1, 0.15) is 47.9 Å². The van der Waals surface area contributed by atoms with Crippen LogP contribution >= 0.6 is 0 Å². The van der Waals surface area contributed by atoms with Crippen molar-refractivity contribution in [2.75, 3.05) is 19.5 Å². The van der Waals surface area contributed by atoms with E-state index in [1.54, 1.807) is 42.5 Å². The monoisotopic (exact) mass is 370 g/mol. The Bertz CT molecular complexity index is 813. The number of carbonyl (C=O) groups is 2. The Morgan fingerprint density at radius 3 is 2.04 bits per heavy atom. The van der Waals surface area contributed by atoms with Crippen LogP contribution in [-0.2, 0) is 0 Å². The minimum Gasteiger partial charge on any atom is -0.493 e. The first-order valence-corrected chi connectivity index (χ1v) is 8.75. The Labute approximate surface area is 159 Å². The van der Waals surface area contributed by atoms with E-state index in [1.165, 1.54) is 14.2 Å². The van der Waals surface area contributed by atoms with Gasteiger partial charge in [0.2, 0.25) is 0 Å². The number of nitrogens with one attached hydrogen (secondary N) is 2. The molecule has 0 aliphatic carbocycles. The topological polar surface area (TPSA) is 76.7 Å². The van der Waals surface area contributed by atoms with Crippen molar-refractivity contribution in [1.29, 1.82) is 0 Å². The minimum absolute atomic E-state index is 0.139. The summed E-state index contributed by atoms with van der Waals surface area (Å²) in [6.07, 6.45) is 0.832. The molecule has 2 aromatic rings. The van der Waals surface area contributed by atoms with Crippen molar-refractivity contribution in [3.8, 4) is 11.5 Å². The molecule has 6 heteroatoms. The second-order valence-electron chi connectivity index (χ2n) is 6.79. The van der Waals surface area contributed by atoms with Crippen LogP contribution < -0.4 is 20.1 Å². The highest BCUT2D eigenvalue weighted by Gasteiger charge is 2.19. The third-order valence-electron chi connectivity index (χ3n) is 4.39. The van der Waals surface area contributed by atoms with Gasteiger partial charge in [-0.15, -0.1) is 0 Å². The van der Waals surface area contributed by atoms with Crippen molar-refractivity contribution in [1.82, 2.24) is 5.32 Å². The molecule has 27 heavy (non-hydrogen) atoms. The van der Waals surface area contributed by atoms with E-state index in [9.17, 15) is 9.59 Å². The van der Waals surface area contributed by atoms with Gasteiger partial charge in [-0.25, -0.2) is 0 Å². The number of rotatable bonds is 7. The van der Waals surface area contributed by atoms with Crippen LogP contribution in [-0.4, -0.2) is 31.6 Å². The van der Waals surface area contributed by atoms with E-state index in [-0.39, 0.29) is 17.4 Å². The molecule has 0 unspecified atom stereocenters. The lowest BCUT2D eigenvalue weighted by molar-refractivity contribution is 0.0911. The lowest BCUT2D eigenvalue weighted by Gasteiger charge is -2.24. The molecule has 0 radical (unpaired) electrons. The van der Waals surface area contributed by atoms with Gasteiger partial charge in [0.1, 0.15) is 0 Å². The van der Waals surface area contributed by atoms with Crippen LogP contribution in [0, 0.1) is 0 Å². The highest BCUT2D eigenvalue weighted by atomic mass is 16.5. The molecule has 2 rings (SSSR count). The van der Waals surface area contributed by atoms with Crippen LogP contribution in [0.5, 0.6) is 11.5 Å². The summed E-state index contributed by atoms with van der Waals surface area (Å²) in [5, 5.41) is 5.79. The zero-order chi connectivity index (χ0) is 20.0. The van der Waals surface area contributed by atoms with Crippen molar-refractivity contribution in [2.45, 2.75) is 32.7 Å². The van der Waals surface area contributed by atoms with Crippen molar-refractivity contribution in [3.63, 3.8) is 0 Å². The number of carbonyl (C=O) groups excluding carboxylic acids is 2. The number of amides is 2. The number of hydrogen-bond acceptors (Lipinski definition) is 4. The first-order chi connectivity index (χ1) is 12.8. The second kappa shape index (κ2) is 8.58. The third kappa shape index (κ3) is 5.23. The van der Waals surface area contributed by atoms with Crippen molar-refractivity contribution in [3.05, 3.63) is 53.6 Å². The predicted molar refractivity (Wildman–Crippen MR) is 106 cm³/mol. The number of hydrogen-bond donors (Lipinski definition) is 2. The normalized spacial score (nSPS) is 10.9. The summed E-state index contributed by atoms with van der Waals surface area (Å²) < 4.78 is 10.4. The van der Waals surface area contributed by atoms with Crippen LogP contribution in [0.3, 0.4) is 0 Å². The van der Waals surface area contributed by atoms with Gasteiger partial charge in [-0.2, -0.15) is 0 Å². The quantitative estimate of drug-likeness (QED) is 0.776. The molecule has 2 N–H and O–H groups in total. The van der Waals surface area contributed by atoms with Crippen LogP contribution in [0.25, 0.3) is 0 Å². The number of benzene rings is 2. The number of methoxy groups -OCH3 is 2. The fraction of sp³-hybridized carbons (Fsp3) is 0.333. The van der Waals surface area contributed by atoms with Gasteiger partial charge < -0.3 is 20.1 Å². The molecule has 0 fully saturated rings. The van der Waals surface area contributed by atoms with E-state index in [0.717, 1.165) is 6.42 Å². The molecule has 6 nitrogen and oxygen atoms in total. The second-order valence-corrected chi connectivity index (χ2v) is 6.79. The molecule has 0 atom stereocenters. The van der Waals surface area contributed by atoms with Crippen LogP contribution in [0.2, 0.25) is 0 Å². The highest BCUT2D eigenvalue weighted by molar-refractivity contribution is 6.05. The molecule has 0 aliphatic rings. The molecule has 0 heterocycles. The summed E-state index contributed by atoms with van der Waals surface area (Å²) in [7, 11) is 3.06. The van der Waals surface area contributed by atoms with Gasteiger partial charge in [-0.1, -0.05) is 6.92 Å². The van der Waals surface area contributed by atoms with E-state index in [4.69, 9.17) is 9.47 Å². The Morgan fingerprint density at radius 1 is 0.889 bits per heavy atom. The summed E-state index contributed by atoms with van der Waals surface area (Å²) in [4.78, 5) is 24.7. The molecule has 0 saturated heterocycles. The van der Waals surface area contributed by atoms with E-state index >= 15 is 0 Å². The lowest BCUT2D eigenvalue weighted by atomic mass is 10.0. The lowest BCUT2D eigenvalue weighted by Crippen LogP contribution is -2.42. The Hall–Kier alpha value is -3.02. The van der Waals surface area contributed by atoms with Gasteiger partial charge in [0.05, 0.1) is 14.2 Å². The van der Waals surface area contributed by atoms with Gasteiger partial charge in [0, 0.05) is 22.4 Å². The molecule has 144 valence electrons. The smallest absolute Gasteiger partial charge is 0.255 e. The third-order valence-corrected chi connectivity index (χ3v) is 4.39. The van der Waals surface area contributed by atoms with E-state index < -0.39 is 0 Å². The molecular formula is C21H26N2O4.